The van der Waals surface area contributed by atoms with E-state index in [1.165, 1.54) is 109 Å². The highest BCUT2D eigenvalue weighted by Crippen LogP contribution is 2.48. The smallest absolute Gasteiger partial charge is 0.377 e. The lowest BCUT2D eigenvalue weighted by molar-refractivity contribution is -0.697. The second kappa shape index (κ2) is 24.8. The lowest BCUT2D eigenvalue weighted by atomic mass is 9.95. The Morgan fingerprint density at radius 2 is 1.15 bits per heavy atom. The molecule has 7 heteroatoms. The van der Waals surface area contributed by atoms with E-state index in [0.717, 1.165) is 24.9 Å². The Morgan fingerprint density at radius 3 is 1.62 bits per heavy atom. The zero-order valence-electron chi connectivity index (χ0n) is 26.7. The number of unbranched alkanes of at least 4 members (excludes halogenated alkanes) is 16. The van der Waals surface area contributed by atoms with Crippen LogP contribution in [0.4, 0.5) is 5.69 Å². The summed E-state index contributed by atoms with van der Waals surface area (Å²) in [6.07, 6.45) is 30.0. The SMILES string of the molecule is CCCCCCCCCCCCCCCCCC(CCCCC)CO[P+]([O-])(O)OCC[n+]1ccc(N(C)C)cc1. The average molecular weight is 584 g/mol. The molecule has 0 aliphatic carbocycles. The fourth-order valence-electron chi connectivity index (χ4n) is 5.19. The number of pyridine rings is 1. The molecule has 0 aliphatic heterocycles. The van der Waals surface area contributed by atoms with E-state index in [4.69, 9.17) is 9.05 Å². The molecular formula is C33H64N2O4P+. The van der Waals surface area contributed by atoms with E-state index in [1.54, 1.807) is 0 Å². The van der Waals surface area contributed by atoms with Crippen LogP contribution in [-0.2, 0) is 15.6 Å². The Hall–Kier alpha value is -0.780. The van der Waals surface area contributed by atoms with Crippen LogP contribution in [0.15, 0.2) is 24.5 Å². The highest BCUT2D eigenvalue weighted by atomic mass is 31.2. The summed E-state index contributed by atoms with van der Waals surface area (Å²) in [5, 5.41) is 0. The van der Waals surface area contributed by atoms with E-state index < -0.39 is 8.17 Å². The van der Waals surface area contributed by atoms with E-state index in [9.17, 15) is 9.79 Å². The van der Waals surface area contributed by atoms with Gasteiger partial charge in [-0.15, -0.1) is 0 Å². The lowest BCUT2D eigenvalue weighted by Crippen LogP contribution is -2.36. The van der Waals surface area contributed by atoms with Gasteiger partial charge < -0.3 is 9.79 Å². The van der Waals surface area contributed by atoms with Crippen LogP contribution in [0, 0.1) is 5.92 Å². The zero-order valence-corrected chi connectivity index (χ0v) is 27.6. The Balaban J connectivity index is 2.15. The Kier molecular flexibility index (Phi) is 23.1. The molecule has 1 heterocycles. The Labute approximate surface area is 248 Å². The van der Waals surface area contributed by atoms with Gasteiger partial charge in [-0.2, -0.15) is 13.9 Å². The first kappa shape index (κ1) is 37.2. The number of hydrogen-bond donors (Lipinski definition) is 1. The third kappa shape index (κ3) is 21.0. The standard InChI is InChI=1S/C33H63N2O4P/c1-5-7-9-10-11-12-13-14-15-16-17-18-19-20-22-24-32(23-21-8-6-2)31-39-40(36,37)38-30-29-35-27-25-33(26-28-35)34(3)4/h25-28,32H,5-24,29-31H2,1-4H3/p+1. The van der Waals surface area contributed by atoms with Crippen LogP contribution >= 0.6 is 8.17 Å². The van der Waals surface area contributed by atoms with Crippen molar-refractivity contribution in [1.82, 2.24) is 0 Å². The summed E-state index contributed by atoms with van der Waals surface area (Å²) < 4.78 is 12.7. The van der Waals surface area contributed by atoms with Crippen molar-refractivity contribution in [3.63, 3.8) is 0 Å². The van der Waals surface area contributed by atoms with Crippen molar-refractivity contribution in [3.8, 4) is 0 Å². The number of hydrogen-bond acceptors (Lipinski definition) is 5. The maximum Gasteiger partial charge on any atom is 0.377 e. The van der Waals surface area contributed by atoms with Crippen molar-refractivity contribution < 1.29 is 23.4 Å². The van der Waals surface area contributed by atoms with Gasteiger partial charge in [-0.1, -0.05) is 129 Å². The lowest BCUT2D eigenvalue weighted by Gasteiger charge is -2.22. The first-order valence-electron chi connectivity index (χ1n) is 16.7. The number of anilines is 1. The molecule has 0 bridgehead atoms. The van der Waals surface area contributed by atoms with E-state index in [0.29, 0.717) is 19.1 Å². The molecule has 0 radical (unpaired) electrons. The van der Waals surface area contributed by atoms with Crippen molar-refractivity contribution in [2.45, 2.75) is 149 Å². The third-order valence-electron chi connectivity index (χ3n) is 7.90. The number of rotatable bonds is 28. The number of aromatic nitrogens is 1. The molecule has 0 amide bonds. The van der Waals surface area contributed by atoms with E-state index in [-0.39, 0.29) is 6.61 Å². The van der Waals surface area contributed by atoms with Gasteiger partial charge in [0.25, 0.3) is 0 Å². The Bertz CT molecular complexity index is 688. The maximum atomic E-state index is 12.5. The van der Waals surface area contributed by atoms with Crippen LogP contribution in [0.3, 0.4) is 0 Å². The molecule has 0 spiro atoms. The normalized spacial score (nSPS) is 13.8. The van der Waals surface area contributed by atoms with Crippen LogP contribution in [0.2, 0.25) is 0 Å². The molecule has 6 nitrogen and oxygen atoms in total. The first-order chi connectivity index (χ1) is 19.4. The van der Waals surface area contributed by atoms with Crippen LogP contribution in [0.5, 0.6) is 0 Å². The van der Waals surface area contributed by atoms with Crippen LogP contribution in [0.1, 0.15) is 142 Å². The molecule has 1 rings (SSSR count). The summed E-state index contributed by atoms with van der Waals surface area (Å²) in [4.78, 5) is 24.8. The van der Waals surface area contributed by atoms with Gasteiger partial charge in [0.1, 0.15) is 0 Å². The summed E-state index contributed by atoms with van der Waals surface area (Å²) in [7, 11) is -0.0487. The molecule has 1 aromatic heterocycles. The second-order valence-electron chi connectivity index (χ2n) is 11.9. The van der Waals surface area contributed by atoms with Gasteiger partial charge in [0.05, 0.1) is 6.61 Å². The van der Waals surface area contributed by atoms with E-state index in [1.807, 2.05) is 48.1 Å². The fourth-order valence-corrected chi connectivity index (χ4v) is 5.98. The van der Waals surface area contributed by atoms with Crippen molar-refractivity contribution in [3.05, 3.63) is 24.5 Å². The minimum atomic E-state index is -4.04. The third-order valence-corrected chi connectivity index (χ3v) is 8.88. The van der Waals surface area contributed by atoms with Crippen molar-refractivity contribution in [2.75, 3.05) is 32.2 Å². The van der Waals surface area contributed by atoms with Gasteiger partial charge in [0.15, 0.2) is 25.5 Å². The monoisotopic (exact) mass is 583 g/mol. The van der Waals surface area contributed by atoms with Crippen LogP contribution < -0.4 is 14.4 Å². The molecule has 2 unspecified atom stereocenters. The van der Waals surface area contributed by atoms with Gasteiger partial charge in [-0.05, 0) is 18.8 Å². The molecule has 1 N–H and O–H groups in total. The predicted octanol–water partition coefficient (Wildman–Crippen LogP) is 8.56. The molecule has 0 aliphatic rings. The van der Waals surface area contributed by atoms with E-state index in [2.05, 4.69) is 13.8 Å². The minimum Gasteiger partial charge on any atom is -0.606 e. The highest BCUT2D eigenvalue weighted by Gasteiger charge is 2.29. The molecular weight excluding hydrogens is 519 g/mol. The Morgan fingerprint density at radius 1 is 0.725 bits per heavy atom. The number of phosphoric ester groups is 1. The minimum absolute atomic E-state index is 0.138. The fraction of sp³-hybridized carbons (Fsp3) is 0.848. The molecule has 40 heavy (non-hydrogen) atoms. The van der Waals surface area contributed by atoms with Gasteiger partial charge in [-0.3, -0.25) is 0 Å². The molecule has 2 atom stereocenters. The van der Waals surface area contributed by atoms with Crippen molar-refractivity contribution >= 4 is 13.9 Å². The molecule has 1 aromatic rings. The first-order valence-corrected chi connectivity index (χ1v) is 18.2. The van der Waals surface area contributed by atoms with Gasteiger partial charge in [-0.25, -0.2) is 4.57 Å². The topological polar surface area (TPSA) is 68.9 Å². The molecule has 0 aromatic carbocycles. The zero-order chi connectivity index (χ0) is 29.3. The maximum absolute atomic E-state index is 12.5. The molecule has 0 saturated heterocycles. The highest BCUT2D eigenvalue weighted by molar-refractivity contribution is 7.52. The second-order valence-corrected chi connectivity index (χ2v) is 13.3. The van der Waals surface area contributed by atoms with Gasteiger partial charge >= 0.3 is 8.17 Å². The summed E-state index contributed by atoms with van der Waals surface area (Å²) >= 11 is 0. The summed E-state index contributed by atoms with van der Waals surface area (Å²) in [6, 6.07) is 4.02. The molecule has 0 saturated carbocycles. The summed E-state index contributed by atoms with van der Waals surface area (Å²) in [5.41, 5.74) is 1.11. The van der Waals surface area contributed by atoms with Crippen molar-refractivity contribution in [1.29, 1.82) is 0 Å². The summed E-state index contributed by atoms with van der Waals surface area (Å²) in [6.45, 7) is 5.44. The quantitative estimate of drug-likeness (QED) is 0.0608. The number of nitrogens with zero attached hydrogens (tertiary/aromatic N) is 2. The van der Waals surface area contributed by atoms with Crippen molar-refractivity contribution in [2.24, 2.45) is 5.92 Å². The number of phosphoric acid groups is 1. The predicted molar refractivity (Wildman–Crippen MR) is 169 cm³/mol. The molecule has 0 fully saturated rings. The van der Waals surface area contributed by atoms with Gasteiger partial charge in [0.2, 0.25) is 0 Å². The van der Waals surface area contributed by atoms with Crippen LogP contribution in [0.25, 0.3) is 0 Å². The molecule has 234 valence electrons. The summed E-state index contributed by atoms with van der Waals surface area (Å²) in [5.74, 6) is 0.325. The van der Waals surface area contributed by atoms with Gasteiger partial charge in [0, 0.05) is 31.9 Å². The average Bonchev–Trinajstić information content (AvgIpc) is 2.93. The van der Waals surface area contributed by atoms with E-state index >= 15 is 0 Å². The largest absolute Gasteiger partial charge is 0.606 e. The van der Waals surface area contributed by atoms with Crippen LogP contribution in [-0.4, -0.2) is 32.2 Å².